The number of nitrogens with two attached hydrogens (primary N) is 1. The predicted molar refractivity (Wildman–Crippen MR) is 102 cm³/mol. The number of thiol groups is 1. The van der Waals surface area contributed by atoms with Gasteiger partial charge >= 0.3 is 0 Å². The highest BCUT2D eigenvalue weighted by Gasteiger charge is 2.14. The molecule has 3 aromatic carbocycles. The van der Waals surface area contributed by atoms with Crippen LogP contribution in [0, 0.1) is 0 Å². The maximum absolute atomic E-state index is 10.7. The molecule has 124 valence electrons. The molecule has 6 nitrogen and oxygen atoms in total. The average Bonchev–Trinajstić information content (AvgIpc) is 3.03. The first-order chi connectivity index (χ1) is 12.1. The van der Waals surface area contributed by atoms with Crippen LogP contribution in [0.15, 0.2) is 65.6 Å². The van der Waals surface area contributed by atoms with Crippen molar-refractivity contribution in [2.45, 2.75) is 4.90 Å². The Bertz CT molecular complexity index is 1030. The first-order valence-corrected chi connectivity index (χ1v) is 8.06. The summed E-state index contributed by atoms with van der Waals surface area (Å²) in [7, 11) is 0. The molecule has 1 heterocycles. The van der Waals surface area contributed by atoms with Crippen LogP contribution in [-0.4, -0.2) is 20.1 Å². The van der Waals surface area contributed by atoms with E-state index in [4.69, 9.17) is 5.73 Å². The minimum atomic E-state index is 0.0370. The molecule has 4 aromatic rings. The van der Waals surface area contributed by atoms with Gasteiger partial charge in [0.15, 0.2) is 5.75 Å². The Kier molecular flexibility index (Phi) is 3.70. The number of nitrogen functional groups attached to an aromatic ring is 1. The number of nitrogens with one attached hydrogen (secondary N) is 1. The summed E-state index contributed by atoms with van der Waals surface area (Å²) in [6, 6.07) is 18.2. The van der Waals surface area contributed by atoms with Crippen molar-refractivity contribution in [3.8, 4) is 11.4 Å². The molecule has 0 radical (unpaired) electrons. The van der Waals surface area contributed by atoms with Crippen molar-refractivity contribution < 1.29 is 5.11 Å². The third-order valence-corrected chi connectivity index (χ3v) is 4.02. The lowest BCUT2D eigenvalue weighted by Crippen LogP contribution is -2.01. The maximum Gasteiger partial charge on any atom is 0.166 e. The molecule has 7 heteroatoms. The summed E-state index contributed by atoms with van der Waals surface area (Å²) in [5, 5.41) is 22.7. The predicted octanol–water partition coefficient (Wildman–Crippen LogP) is 3.74. The first-order valence-electron chi connectivity index (χ1n) is 7.61. The largest absolute Gasteiger partial charge is 0.504 e. The van der Waals surface area contributed by atoms with Crippen molar-refractivity contribution >= 4 is 40.7 Å². The molecule has 0 bridgehead atoms. The van der Waals surface area contributed by atoms with Gasteiger partial charge in [-0.05, 0) is 48.5 Å². The van der Waals surface area contributed by atoms with E-state index in [1.807, 2.05) is 36.4 Å². The number of aromatic hydroxyl groups is 1. The average molecular weight is 349 g/mol. The molecule has 0 saturated heterocycles. The Hall–Kier alpha value is -3.19. The zero-order valence-electron chi connectivity index (χ0n) is 13.1. The molecular formula is C18H15N5OS. The third kappa shape index (κ3) is 2.97. The molecule has 0 spiro atoms. The van der Waals surface area contributed by atoms with Gasteiger partial charge in [0.05, 0.1) is 5.69 Å². The second kappa shape index (κ2) is 6.03. The number of fused-ring (bicyclic) bond motifs is 1. The summed E-state index contributed by atoms with van der Waals surface area (Å²) >= 11 is 4.43. The van der Waals surface area contributed by atoms with Crippen LogP contribution < -0.4 is 11.1 Å². The van der Waals surface area contributed by atoms with E-state index in [1.165, 1.54) is 4.80 Å². The van der Waals surface area contributed by atoms with Crippen LogP contribution in [0.5, 0.6) is 5.75 Å². The molecule has 0 saturated carbocycles. The molecule has 0 aliphatic heterocycles. The molecule has 0 fully saturated rings. The van der Waals surface area contributed by atoms with Gasteiger partial charge in [0, 0.05) is 16.3 Å². The van der Waals surface area contributed by atoms with Gasteiger partial charge in [-0.3, -0.25) is 0 Å². The van der Waals surface area contributed by atoms with Gasteiger partial charge in [0.2, 0.25) is 0 Å². The van der Waals surface area contributed by atoms with Gasteiger partial charge in [-0.25, -0.2) is 0 Å². The summed E-state index contributed by atoms with van der Waals surface area (Å²) in [5.74, 6) is 0.0370. The van der Waals surface area contributed by atoms with E-state index in [0.717, 1.165) is 16.7 Å². The fraction of sp³-hybridized carbons (Fsp3) is 0. The molecule has 0 amide bonds. The lowest BCUT2D eigenvalue weighted by molar-refractivity contribution is 0.469. The SMILES string of the molecule is Nc1ccc(Nc2cc(S)cc(-n3nc4ccccc4n3)c2O)cc1. The van der Waals surface area contributed by atoms with Crippen LogP contribution in [0.3, 0.4) is 0 Å². The van der Waals surface area contributed by atoms with E-state index in [-0.39, 0.29) is 5.75 Å². The Morgan fingerprint density at radius 1 is 0.960 bits per heavy atom. The van der Waals surface area contributed by atoms with Gasteiger partial charge in [-0.15, -0.1) is 27.6 Å². The minimum Gasteiger partial charge on any atom is -0.504 e. The highest BCUT2D eigenvalue weighted by atomic mass is 32.1. The van der Waals surface area contributed by atoms with Crippen molar-refractivity contribution in [1.29, 1.82) is 0 Å². The van der Waals surface area contributed by atoms with Gasteiger partial charge in [0.1, 0.15) is 16.7 Å². The molecule has 0 atom stereocenters. The molecular weight excluding hydrogens is 334 g/mol. The van der Waals surface area contributed by atoms with E-state index < -0.39 is 0 Å². The maximum atomic E-state index is 10.7. The number of benzene rings is 3. The van der Waals surface area contributed by atoms with Crippen LogP contribution in [0.25, 0.3) is 16.7 Å². The number of nitrogens with zero attached hydrogens (tertiary/aromatic N) is 3. The van der Waals surface area contributed by atoms with E-state index in [2.05, 4.69) is 28.1 Å². The number of hydrogen-bond acceptors (Lipinski definition) is 6. The monoisotopic (exact) mass is 349 g/mol. The molecule has 0 aliphatic rings. The minimum absolute atomic E-state index is 0.0370. The summed E-state index contributed by atoms with van der Waals surface area (Å²) in [6.07, 6.45) is 0. The molecule has 4 N–H and O–H groups in total. The highest BCUT2D eigenvalue weighted by molar-refractivity contribution is 7.80. The number of aromatic nitrogens is 3. The van der Waals surface area contributed by atoms with Crippen LogP contribution in [0.2, 0.25) is 0 Å². The van der Waals surface area contributed by atoms with E-state index in [1.54, 1.807) is 24.3 Å². The Labute approximate surface area is 149 Å². The quantitative estimate of drug-likeness (QED) is 0.257. The van der Waals surface area contributed by atoms with Crippen molar-refractivity contribution in [2.75, 3.05) is 11.1 Å². The third-order valence-electron chi connectivity index (χ3n) is 3.77. The fourth-order valence-electron chi connectivity index (χ4n) is 2.54. The topological polar surface area (TPSA) is 89.0 Å². The zero-order valence-corrected chi connectivity index (χ0v) is 14.0. The number of phenolic OH excluding ortho intramolecular Hbond substituents is 1. The Morgan fingerprint density at radius 2 is 1.60 bits per heavy atom. The molecule has 25 heavy (non-hydrogen) atoms. The van der Waals surface area contributed by atoms with Gasteiger partial charge < -0.3 is 16.2 Å². The summed E-state index contributed by atoms with van der Waals surface area (Å²) in [6.45, 7) is 0. The normalized spacial score (nSPS) is 10.9. The summed E-state index contributed by atoms with van der Waals surface area (Å²) in [5.41, 5.74) is 9.63. The standard InChI is InChI=1S/C18H15N5OS/c19-11-5-7-12(8-6-11)20-16-9-13(25)10-17(18(16)24)23-21-14-3-1-2-4-15(14)22-23/h1-10,20,24-25H,19H2. The molecule has 1 aromatic heterocycles. The van der Waals surface area contributed by atoms with E-state index >= 15 is 0 Å². The second-order valence-corrected chi connectivity index (χ2v) is 6.10. The number of hydrogen-bond donors (Lipinski definition) is 4. The van der Waals surface area contributed by atoms with Gasteiger partial charge in [-0.2, -0.15) is 0 Å². The lowest BCUT2D eigenvalue weighted by Gasteiger charge is -2.12. The fourth-order valence-corrected chi connectivity index (χ4v) is 2.79. The number of rotatable bonds is 3. The van der Waals surface area contributed by atoms with Crippen molar-refractivity contribution in [3.63, 3.8) is 0 Å². The summed E-state index contributed by atoms with van der Waals surface area (Å²) < 4.78 is 0. The second-order valence-electron chi connectivity index (χ2n) is 5.59. The smallest absolute Gasteiger partial charge is 0.166 e. The highest BCUT2D eigenvalue weighted by Crippen LogP contribution is 2.35. The van der Waals surface area contributed by atoms with Crippen LogP contribution in [0.1, 0.15) is 0 Å². The van der Waals surface area contributed by atoms with Crippen LogP contribution in [-0.2, 0) is 0 Å². The van der Waals surface area contributed by atoms with Crippen molar-refractivity contribution in [3.05, 3.63) is 60.7 Å². The molecule has 0 unspecified atom stereocenters. The zero-order chi connectivity index (χ0) is 17.4. The van der Waals surface area contributed by atoms with Crippen LogP contribution >= 0.6 is 12.6 Å². The van der Waals surface area contributed by atoms with Crippen LogP contribution in [0.4, 0.5) is 17.1 Å². The first kappa shape index (κ1) is 15.3. The summed E-state index contributed by atoms with van der Waals surface area (Å²) in [4.78, 5) is 2.08. The van der Waals surface area contributed by atoms with E-state index in [9.17, 15) is 5.11 Å². The lowest BCUT2D eigenvalue weighted by atomic mass is 10.2. The Balaban J connectivity index is 1.78. The van der Waals surface area contributed by atoms with Crippen molar-refractivity contribution in [1.82, 2.24) is 15.0 Å². The van der Waals surface area contributed by atoms with Gasteiger partial charge in [-0.1, -0.05) is 12.1 Å². The molecule has 4 rings (SSSR count). The Morgan fingerprint density at radius 3 is 2.24 bits per heavy atom. The number of anilines is 3. The molecule has 0 aliphatic carbocycles. The van der Waals surface area contributed by atoms with Crippen molar-refractivity contribution in [2.24, 2.45) is 0 Å². The van der Waals surface area contributed by atoms with E-state index in [0.29, 0.717) is 22.0 Å². The van der Waals surface area contributed by atoms with Gasteiger partial charge in [0.25, 0.3) is 0 Å². The number of phenols is 1.